The van der Waals surface area contributed by atoms with Crippen LogP contribution in [0.4, 0.5) is 5.69 Å². The third-order valence-electron chi connectivity index (χ3n) is 6.32. The smallest absolute Gasteiger partial charge is 0.330 e. The fourth-order valence-corrected chi connectivity index (χ4v) is 4.42. The van der Waals surface area contributed by atoms with E-state index in [1.165, 1.54) is 19.6 Å². The van der Waals surface area contributed by atoms with Crippen LogP contribution in [0.5, 0.6) is 0 Å². The van der Waals surface area contributed by atoms with Crippen molar-refractivity contribution in [3.05, 3.63) is 90.3 Å². The third kappa shape index (κ3) is 5.98. The topological polar surface area (TPSA) is 59.5 Å². The van der Waals surface area contributed by atoms with Gasteiger partial charge in [-0.2, -0.15) is 0 Å². The highest BCUT2D eigenvalue weighted by atomic mass is 16.5. The molecule has 1 aliphatic rings. The van der Waals surface area contributed by atoms with E-state index in [-0.39, 0.29) is 11.8 Å². The number of methoxy groups -OCH3 is 1. The van der Waals surface area contributed by atoms with Crippen molar-refractivity contribution < 1.29 is 14.3 Å². The Morgan fingerprint density at radius 1 is 0.971 bits per heavy atom. The summed E-state index contributed by atoms with van der Waals surface area (Å²) in [4.78, 5) is 31.1. The number of ether oxygens (including phenoxy) is 1. The Kier molecular flexibility index (Phi) is 7.87. The number of hydrogen-bond donors (Lipinski definition) is 0. The molecule has 0 saturated heterocycles. The molecule has 1 heterocycles. The maximum atomic E-state index is 13.6. The zero-order chi connectivity index (χ0) is 23.8. The molecule has 3 aromatic rings. The Labute approximate surface area is 201 Å². The van der Waals surface area contributed by atoms with Crippen molar-refractivity contribution in [3.63, 3.8) is 0 Å². The molecule has 0 radical (unpaired) electrons. The largest absolute Gasteiger partial charge is 0.466 e. The standard InChI is InChI=1S/C29H30N2O3/c1-34-28(32)15-12-22-6-5-9-27(20-22)31(29(33)26-7-3-2-4-8-26)21-23-10-13-24(14-11-23)25-16-18-30-19-17-25/h5-6,9-20,26H,2-4,7-8,21H2,1H3/b15-12+. The van der Waals surface area contributed by atoms with E-state index < -0.39 is 5.97 Å². The maximum absolute atomic E-state index is 13.6. The van der Waals surface area contributed by atoms with E-state index in [0.717, 1.165) is 53.6 Å². The Hall–Kier alpha value is -3.73. The molecule has 0 spiro atoms. The van der Waals surface area contributed by atoms with E-state index in [1.54, 1.807) is 18.5 Å². The van der Waals surface area contributed by atoms with E-state index >= 15 is 0 Å². The molecule has 0 aliphatic heterocycles. The summed E-state index contributed by atoms with van der Waals surface area (Å²) in [6.45, 7) is 0.496. The van der Waals surface area contributed by atoms with Crippen LogP contribution in [0.3, 0.4) is 0 Å². The van der Waals surface area contributed by atoms with Crippen LogP contribution in [-0.4, -0.2) is 24.0 Å². The van der Waals surface area contributed by atoms with Crippen molar-refractivity contribution >= 4 is 23.6 Å². The van der Waals surface area contributed by atoms with Crippen LogP contribution in [-0.2, 0) is 20.9 Å². The molecule has 2 aromatic carbocycles. The molecule has 1 aliphatic carbocycles. The predicted octanol–water partition coefficient (Wildman–Crippen LogP) is 6.05. The summed E-state index contributed by atoms with van der Waals surface area (Å²) in [5.74, 6) is -0.180. The minimum absolute atomic E-state index is 0.0547. The number of nitrogens with zero attached hydrogens (tertiary/aromatic N) is 2. The molecule has 5 heteroatoms. The number of benzene rings is 2. The normalized spacial score (nSPS) is 14.1. The average Bonchev–Trinajstić information content (AvgIpc) is 2.91. The van der Waals surface area contributed by atoms with Crippen LogP contribution < -0.4 is 4.90 Å². The molecule has 0 N–H and O–H groups in total. The van der Waals surface area contributed by atoms with Crippen molar-refractivity contribution in [2.24, 2.45) is 5.92 Å². The Morgan fingerprint density at radius 3 is 2.38 bits per heavy atom. The van der Waals surface area contributed by atoms with Crippen molar-refractivity contribution in [2.75, 3.05) is 12.0 Å². The second-order valence-corrected chi connectivity index (χ2v) is 8.64. The predicted molar refractivity (Wildman–Crippen MR) is 135 cm³/mol. The number of anilines is 1. The van der Waals surface area contributed by atoms with Gasteiger partial charge in [0.05, 0.1) is 13.7 Å². The van der Waals surface area contributed by atoms with E-state index in [0.29, 0.717) is 6.54 Å². The lowest BCUT2D eigenvalue weighted by molar-refractivity contribution is -0.134. The molecule has 1 fully saturated rings. The van der Waals surface area contributed by atoms with Gasteiger partial charge >= 0.3 is 5.97 Å². The zero-order valence-electron chi connectivity index (χ0n) is 19.5. The lowest BCUT2D eigenvalue weighted by Gasteiger charge is -2.30. The quantitative estimate of drug-likeness (QED) is 0.322. The van der Waals surface area contributed by atoms with Crippen molar-refractivity contribution in [1.82, 2.24) is 4.98 Å². The first kappa shape index (κ1) is 23.4. The van der Waals surface area contributed by atoms with Gasteiger partial charge in [0.15, 0.2) is 0 Å². The maximum Gasteiger partial charge on any atom is 0.330 e. The van der Waals surface area contributed by atoms with Crippen LogP contribution in [0.2, 0.25) is 0 Å². The first-order chi connectivity index (χ1) is 16.6. The van der Waals surface area contributed by atoms with E-state index in [1.807, 2.05) is 41.3 Å². The number of amides is 1. The van der Waals surface area contributed by atoms with Crippen LogP contribution in [0.25, 0.3) is 17.2 Å². The zero-order valence-corrected chi connectivity index (χ0v) is 19.5. The van der Waals surface area contributed by atoms with Gasteiger partial charge in [0.25, 0.3) is 0 Å². The third-order valence-corrected chi connectivity index (χ3v) is 6.32. The fourth-order valence-electron chi connectivity index (χ4n) is 4.42. The molecular weight excluding hydrogens is 424 g/mol. The lowest BCUT2D eigenvalue weighted by atomic mass is 9.88. The molecule has 1 aromatic heterocycles. The first-order valence-electron chi connectivity index (χ1n) is 11.8. The molecule has 0 atom stereocenters. The Bertz CT molecular complexity index is 1130. The Morgan fingerprint density at radius 2 is 1.68 bits per heavy atom. The summed E-state index contributed by atoms with van der Waals surface area (Å²) >= 11 is 0. The van der Waals surface area contributed by atoms with Gasteiger partial charge in [-0.05, 0) is 65.4 Å². The molecule has 1 amide bonds. The molecule has 1 saturated carbocycles. The molecule has 174 valence electrons. The highest BCUT2D eigenvalue weighted by Crippen LogP contribution is 2.30. The Balaban J connectivity index is 1.60. The second-order valence-electron chi connectivity index (χ2n) is 8.64. The minimum atomic E-state index is -0.408. The number of hydrogen-bond acceptors (Lipinski definition) is 4. The number of esters is 1. The van der Waals surface area contributed by atoms with Gasteiger partial charge in [0.1, 0.15) is 0 Å². The highest BCUT2D eigenvalue weighted by Gasteiger charge is 2.27. The molecule has 4 rings (SSSR count). The summed E-state index contributed by atoms with van der Waals surface area (Å²) < 4.78 is 4.69. The van der Waals surface area contributed by atoms with E-state index in [4.69, 9.17) is 4.74 Å². The van der Waals surface area contributed by atoms with Crippen LogP contribution in [0.15, 0.2) is 79.1 Å². The number of carbonyl (C=O) groups excluding carboxylic acids is 2. The molecule has 34 heavy (non-hydrogen) atoms. The van der Waals surface area contributed by atoms with Crippen molar-refractivity contribution in [2.45, 2.75) is 38.6 Å². The van der Waals surface area contributed by atoms with Crippen molar-refractivity contribution in [3.8, 4) is 11.1 Å². The summed E-state index contributed by atoms with van der Waals surface area (Å²) in [5, 5.41) is 0. The van der Waals surface area contributed by atoms with Crippen LogP contribution >= 0.6 is 0 Å². The molecule has 0 bridgehead atoms. The molecule has 5 nitrogen and oxygen atoms in total. The first-order valence-corrected chi connectivity index (χ1v) is 11.8. The molecule has 0 unspecified atom stereocenters. The van der Waals surface area contributed by atoms with Gasteiger partial charge in [-0.1, -0.05) is 55.7 Å². The summed E-state index contributed by atoms with van der Waals surface area (Å²) in [7, 11) is 1.35. The van der Waals surface area contributed by atoms with Gasteiger partial charge < -0.3 is 9.64 Å². The fraction of sp³-hybridized carbons (Fsp3) is 0.276. The molecular formula is C29H30N2O3. The van der Waals surface area contributed by atoms with E-state index in [2.05, 4.69) is 29.2 Å². The van der Waals surface area contributed by atoms with Gasteiger partial charge in [0, 0.05) is 30.1 Å². The van der Waals surface area contributed by atoms with E-state index in [9.17, 15) is 9.59 Å². The van der Waals surface area contributed by atoms with Gasteiger partial charge in [0.2, 0.25) is 5.91 Å². The van der Waals surface area contributed by atoms with Crippen molar-refractivity contribution in [1.29, 1.82) is 0 Å². The minimum Gasteiger partial charge on any atom is -0.466 e. The number of carbonyl (C=O) groups is 2. The van der Waals surface area contributed by atoms with Crippen LogP contribution in [0, 0.1) is 5.92 Å². The summed E-state index contributed by atoms with van der Waals surface area (Å²) in [6.07, 6.45) is 12.0. The lowest BCUT2D eigenvalue weighted by Crippen LogP contribution is -2.36. The SMILES string of the molecule is COC(=O)/C=C/c1cccc(N(Cc2ccc(-c3ccncc3)cc2)C(=O)C2CCCCC2)c1. The number of pyridine rings is 1. The van der Waals surface area contributed by atoms with Crippen LogP contribution in [0.1, 0.15) is 43.2 Å². The number of aromatic nitrogens is 1. The monoisotopic (exact) mass is 454 g/mol. The highest BCUT2D eigenvalue weighted by molar-refractivity contribution is 5.95. The summed E-state index contributed by atoms with van der Waals surface area (Å²) in [6, 6.07) is 20.0. The summed E-state index contributed by atoms with van der Waals surface area (Å²) in [5.41, 5.74) is 4.98. The average molecular weight is 455 g/mol. The van der Waals surface area contributed by atoms with Gasteiger partial charge in [-0.3, -0.25) is 9.78 Å². The van der Waals surface area contributed by atoms with Gasteiger partial charge in [-0.25, -0.2) is 4.79 Å². The second kappa shape index (κ2) is 11.4. The van der Waals surface area contributed by atoms with Gasteiger partial charge in [-0.15, -0.1) is 0 Å². The number of rotatable bonds is 7.